The van der Waals surface area contributed by atoms with Crippen LogP contribution < -0.4 is 5.30 Å². The molecule has 0 fully saturated rings. The largest absolute Gasteiger partial charge is 0.468 e. The first-order chi connectivity index (χ1) is 7.58. The summed E-state index contributed by atoms with van der Waals surface area (Å²) in [4.78, 5) is 15.6. The molecule has 1 aromatic rings. The summed E-state index contributed by atoms with van der Waals surface area (Å²) in [5, 5.41) is 1.47. The van der Waals surface area contributed by atoms with Crippen molar-refractivity contribution in [3.8, 4) is 0 Å². The average molecular weight is 276 g/mol. The number of carbonyl (C=O) groups excluding carboxylic acids is 1. The standard InChI is InChI=1S/C10H11ClNO2PS/c1-12-7-4-9(6(11)3-8(7)15)16-5-10(13)14-2/h3-4H,1,5,15H2,2H3. The summed E-state index contributed by atoms with van der Waals surface area (Å²) in [6.45, 7) is 3.47. The summed E-state index contributed by atoms with van der Waals surface area (Å²) in [5.74, 6) is -0.0626. The molecule has 0 spiro atoms. The fraction of sp³-hybridized carbons (Fsp3) is 0.200. The number of esters is 1. The van der Waals surface area contributed by atoms with Gasteiger partial charge in [0.15, 0.2) is 0 Å². The van der Waals surface area contributed by atoms with Gasteiger partial charge in [-0.3, -0.25) is 9.79 Å². The van der Waals surface area contributed by atoms with Crippen LogP contribution in [0.3, 0.4) is 0 Å². The third-order valence-corrected chi connectivity index (χ3v) is 3.74. The molecule has 1 aromatic carbocycles. The van der Waals surface area contributed by atoms with Gasteiger partial charge in [0.05, 0.1) is 23.6 Å². The normalized spacial score (nSPS) is 9.94. The minimum atomic E-state index is -0.288. The van der Waals surface area contributed by atoms with E-state index in [1.807, 2.05) is 0 Å². The SMILES string of the molecule is C=Nc1cc(SCC(=O)OC)c(Cl)cc1P. The van der Waals surface area contributed by atoms with Crippen LogP contribution in [0.4, 0.5) is 5.69 Å². The monoisotopic (exact) mass is 275 g/mol. The number of thioether (sulfide) groups is 1. The van der Waals surface area contributed by atoms with Crippen molar-refractivity contribution < 1.29 is 9.53 Å². The first-order valence-corrected chi connectivity index (χ1v) is 6.28. The number of rotatable bonds is 4. The maximum atomic E-state index is 11.0. The number of hydrogen-bond donors (Lipinski definition) is 0. The molecule has 0 bridgehead atoms. The lowest BCUT2D eigenvalue weighted by atomic mass is 10.3. The quantitative estimate of drug-likeness (QED) is 0.367. The van der Waals surface area contributed by atoms with Crippen LogP contribution in [0.1, 0.15) is 0 Å². The molecule has 1 unspecified atom stereocenters. The zero-order chi connectivity index (χ0) is 12.1. The third kappa shape index (κ3) is 3.48. The van der Waals surface area contributed by atoms with Gasteiger partial charge in [-0.15, -0.1) is 21.0 Å². The Kier molecular flexibility index (Phi) is 5.26. The van der Waals surface area contributed by atoms with Crippen LogP contribution in [-0.4, -0.2) is 25.5 Å². The maximum absolute atomic E-state index is 11.0. The Labute approximate surface area is 106 Å². The van der Waals surface area contributed by atoms with Crippen LogP contribution in [0.25, 0.3) is 0 Å². The van der Waals surface area contributed by atoms with Gasteiger partial charge < -0.3 is 4.74 Å². The molecule has 0 aliphatic heterocycles. The summed E-state index contributed by atoms with van der Waals surface area (Å²) in [7, 11) is 3.89. The van der Waals surface area contributed by atoms with E-state index in [4.69, 9.17) is 11.6 Å². The van der Waals surface area contributed by atoms with Crippen molar-refractivity contribution >= 4 is 56.3 Å². The van der Waals surface area contributed by atoms with Crippen LogP contribution in [-0.2, 0) is 9.53 Å². The van der Waals surface area contributed by atoms with E-state index in [-0.39, 0.29) is 11.7 Å². The Morgan fingerprint density at radius 1 is 1.69 bits per heavy atom. The van der Waals surface area contributed by atoms with Gasteiger partial charge in [0.2, 0.25) is 0 Å². The molecule has 3 nitrogen and oxygen atoms in total. The number of halogens is 1. The predicted molar refractivity (Wildman–Crippen MR) is 72.7 cm³/mol. The van der Waals surface area contributed by atoms with E-state index >= 15 is 0 Å². The molecule has 0 aliphatic carbocycles. The van der Waals surface area contributed by atoms with Gasteiger partial charge in [-0.2, -0.15) is 0 Å². The van der Waals surface area contributed by atoms with Crippen molar-refractivity contribution in [2.75, 3.05) is 12.9 Å². The summed E-state index contributed by atoms with van der Waals surface area (Å²) in [6, 6.07) is 3.57. The minimum Gasteiger partial charge on any atom is -0.468 e. The number of nitrogens with zero attached hydrogens (tertiary/aromatic N) is 1. The Morgan fingerprint density at radius 3 is 2.94 bits per heavy atom. The second-order valence-corrected chi connectivity index (χ2v) is 4.91. The highest BCUT2D eigenvalue weighted by Gasteiger charge is 2.08. The van der Waals surface area contributed by atoms with E-state index in [1.165, 1.54) is 18.9 Å². The highest BCUT2D eigenvalue weighted by atomic mass is 35.5. The first kappa shape index (κ1) is 13.5. The Hall–Kier alpha value is -0.570. The van der Waals surface area contributed by atoms with Crippen molar-refractivity contribution in [3.63, 3.8) is 0 Å². The lowest BCUT2D eigenvalue weighted by Gasteiger charge is -2.06. The average Bonchev–Trinajstić information content (AvgIpc) is 2.27. The molecule has 1 atom stereocenters. The van der Waals surface area contributed by atoms with E-state index in [0.29, 0.717) is 5.02 Å². The Morgan fingerprint density at radius 2 is 2.38 bits per heavy atom. The Bertz CT molecular complexity index is 426. The van der Waals surface area contributed by atoms with Crippen LogP contribution >= 0.6 is 32.6 Å². The predicted octanol–water partition coefficient (Wildman–Crippen LogP) is 2.44. The van der Waals surface area contributed by atoms with E-state index in [0.717, 1.165) is 15.9 Å². The van der Waals surface area contributed by atoms with Gasteiger partial charge in [-0.25, -0.2) is 0 Å². The zero-order valence-electron chi connectivity index (χ0n) is 8.70. The molecule has 0 amide bonds. The summed E-state index contributed by atoms with van der Waals surface area (Å²) in [6.07, 6.45) is 0. The molecule has 86 valence electrons. The molecule has 0 aromatic heterocycles. The van der Waals surface area contributed by atoms with Crippen molar-refractivity contribution in [1.29, 1.82) is 0 Å². The molecule has 1 rings (SSSR count). The lowest BCUT2D eigenvalue weighted by Crippen LogP contribution is -2.03. The first-order valence-electron chi connectivity index (χ1n) is 4.34. The van der Waals surface area contributed by atoms with Crippen molar-refractivity contribution in [2.45, 2.75) is 4.90 Å². The third-order valence-electron chi connectivity index (χ3n) is 1.82. The zero-order valence-corrected chi connectivity index (χ0v) is 11.4. The topological polar surface area (TPSA) is 38.7 Å². The van der Waals surface area contributed by atoms with Gasteiger partial charge in [0.25, 0.3) is 0 Å². The molecule has 0 saturated heterocycles. The fourth-order valence-corrected chi connectivity index (χ4v) is 2.57. The number of methoxy groups -OCH3 is 1. The van der Waals surface area contributed by atoms with Gasteiger partial charge in [-0.05, 0) is 24.2 Å². The highest BCUT2D eigenvalue weighted by Crippen LogP contribution is 2.30. The van der Waals surface area contributed by atoms with Crippen LogP contribution in [0.5, 0.6) is 0 Å². The number of carbonyl (C=O) groups is 1. The number of hydrogen-bond acceptors (Lipinski definition) is 4. The van der Waals surface area contributed by atoms with Gasteiger partial charge in [0.1, 0.15) is 0 Å². The second kappa shape index (κ2) is 6.24. The molecule has 16 heavy (non-hydrogen) atoms. The smallest absolute Gasteiger partial charge is 0.315 e. The maximum Gasteiger partial charge on any atom is 0.315 e. The van der Waals surface area contributed by atoms with E-state index in [9.17, 15) is 4.79 Å². The van der Waals surface area contributed by atoms with Crippen LogP contribution in [0.15, 0.2) is 22.0 Å². The lowest BCUT2D eigenvalue weighted by molar-refractivity contribution is -0.137. The molecule has 0 N–H and O–H groups in total. The van der Waals surface area contributed by atoms with Crippen molar-refractivity contribution in [1.82, 2.24) is 0 Å². The number of benzene rings is 1. The number of ether oxygens (including phenoxy) is 1. The molecule has 0 heterocycles. The van der Waals surface area contributed by atoms with Crippen LogP contribution in [0, 0.1) is 0 Å². The van der Waals surface area contributed by atoms with Crippen molar-refractivity contribution in [2.24, 2.45) is 4.99 Å². The number of aliphatic imine (C=N–C) groups is 1. The van der Waals surface area contributed by atoms with E-state index in [1.54, 1.807) is 12.1 Å². The molecule has 0 saturated carbocycles. The van der Waals surface area contributed by atoms with Gasteiger partial charge in [0, 0.05) is 4.90 Å². The molecular weight excluding hydrogens is 265 g/mol. The van der Waals surface area contributed by atoms with Crippen molar-refractivity contribution in [3.05, 3.63) is 17.2 Å². The minimum absolute atomic E-state index is 0.225. The summed E-state index contributed by atoms with van der Waals surface area (Å²) in [5.41, 5.74) is 0.738. The Balaban J connectivity index is 2.87. The van der Waals surface area contributed by atoms with E-state index in [2.05, 4.69) is 25.7 Å². The highest BCUT2D eigenvalue weighted by molar-refractivity contribution is 8.00. The van der Waals surface area contributed by atoms with Crippen LogP contribution in [0.2, 0.25) is 5.02 Å². The molecule has 6 heteroatoms. The summed E-state index contributed by atoms with van der Waals surface area (Å²) >= 11 is 7.35. The molecule has 0 radical (unpaired) electrons. The summed E-state index contributed by atoms with van der Waals surface area (Å²) < 4.78 is 4.55. The van der Waals surface area contributed by atoms with E-state index < -0.39 is 0 Å². The molecular formula is C10H11ClNO2PS. The second-order valence-electron chi connectivity index (χ2n) is 2.86. The fourth-order valence-electron chi connectivity index (χ4n) is 1.00. The molecule has 0 aliphatic rings. The van der Waals surface area contributed by atoms with Gasteiger partial charge in [-0.1, -0.05) is 11.6 Å². The van der Waals surface area contributed by atoms with Gasteiger partial charge >= 0.3 is 5.97 Å².